The monoisotopic (exact) mass is 462 g/mol. The number of hydrogen-bond donors (Lipinski definition) is 1. The topological polar surface area (TPSA) is 131 Å². The lowest BCUT2D eigenvalue weighted by molar-refractivity contribution is 0.0595. The molecule has 1 aromatic carbocycles. The van der Waals surface area contributed by atoms with Crippen LogP contribution in [0, 0.1) is 36.5 Å². The fraction of sp³-hybridized carbons (Fsp3) is 0.250. The van der Waals surface area contributed by atoms with E-state index in [2.05, 4.69) is 17.1 Å². The number of hydrogen-bond acceptors (Lipinski definition) is 9. The summed E-state index contributed by atoms with van der Waals surface area (Å²) in [6.07, 6.45) is 0. The van der Waals surface area contributed by atoms with Gasteiger partial charge in [0.05, 0.1) is 43.1 Å². The summed E-state index contributed by atoms with van der Waals surface area (Å²) in [6, 6.07) is 13.1. The van der Waals surface area contributed by atoms with Crippen molar-refractivity contribution in [3.63, 3.8) is 0 Å². The van der Waals surface area contributed by atoms with Gasteiger partial charge in [0.1, 0.15) is 28.2 Å². The molecule has 0 radical (unpaired) electrons. The molecule has 1 aliphatic rings. The van der Waals surface area contributed by atoms with E-state index in [1.165, 1.54) is 18.9 Å². The Balaban J connectivity index is 2.02. The number of pyridine rings is 1. The number of aryl methyl sites for hydroxylation is 2. The van der Waals surface area contributed by atoms with Gasteiger partial charge < -0.3 is 19.9 Å². The van der Waals surface area contributed by atoms with Crippen LogP contribution in [0.15, 0.2) is 58.1 Å². The number of carbonyl (C=O) groups is 1. The lowest BCUT2D eigenvalue weighted by Gasteiger charge is -2.26. The van der Waals surface area contributed by atoms with E-state index in [4.69, 9.17) is 19.9 Å². The third-order valence-corrected chi connectivity index (χ3v) is 6.08. The Morgan fingerprint density at radius 3 is 2.42 bits per heavy atom. The number of allylic oxidation sites excluding steroid dienone is 2. The minimum Gasteiger partial charge on any atom is -0.497 e. The van der Waals surface area contributed by atoms with Gasteiger partial charge in [-0.2, -0.15) is 10.5 Å². The van der Waals surface area contributed by atoms with Crippen LogP contribution in [0.4, 0.5) is 0 Å². The molecule has 3 rings (SSSR count). The Hall–Kier alpha value is -3.95. The number of thioether (sulfide) groups is 1. The van der Waals surface area contributed by atoms with Crippen LogP contribution in [0.5, 0.6) is 5.75 Å². The lowest BCUT2D eigenvalue weighted by atomic mass is 9.84. The molecule has 2 aromatic rings. The number of esters is 1. The highest BCUT2D eigenvalue weighted by atomic mass is 32.2. The van der Waals surface area contributed by atoms with Crippen LogP contribution in [0.25, 0.3) is 0 Å². The van der Waals surface area contributed by atoms with Crippen molar-refractivity contribution in [2.75, 3.05) is 20.0 Å². The highest BCUT2D eigenvalue weighted by molar-refractivity contribution is 7.99. The number of carbonyl (C=O) groups excluding carboxylic acids is 1. The van der Waals surface area contributed by atoms with Crippen LogP contribution in [0.2, 0.25) is 0 Å². The first-order valence-corrected chi connectivity index (χ1v) is 10.9. The van der Waals surface area contributed by atoms with Crippen molar-refractivity contribution in [2.24, 2.45) is 5.73 Å². The van der Waals surface area contributed by atoms with Gasteiger partial charge in [0, 0.05) is 5.69 Å². The largest absolute Gasteiger partial charge is 0.497 e. The predicted octanol–water partition coefficient (Wildman–Crippen LogP) is 3.87. The smallest absolute Gasteiger partial charge is 0.340 e. The fourth-order valence-corrected chi connectivity index (χ4v) is 4.64. The van der Waals surface area contributed by atoms with Crippen molar-refractivity contribution < 1.29 is 19.0 Å². The minimum atomic E-state index is -0.678. The number of aromatic nitrogens is 1. The van der Waals surface area contributed by atoms with Crippen molar-refractivity contribution >= 4 is 17.7 Å². The Bertz CT molecular complexity index is 1240. The van der Waals surface area contributed by atoms with E-state index in [1.807, 2.05) is 13.8 Å². The molecule has 2 N–H and O–H groups in total. The molecule has 2 heterocycles. The predicted molar refractivity (Wildman–Crippen MR) is 122 cm³/mol. The second-order valence-electron chi connectivity index (χ2n) is 7.19. The van der Waals surface area contributed by atoms with Crippen LogP contribution in [0.3, 0.4) is 0 Å². The molecule has 1 aromatic heterocycles. The molecule has 33 heavy (non-hydrogen) atoms. The van der Waals surface area contributed by atoms with Crippen molar-refractivity contribution in [3.05, 3.63) is 75.5 Å². The highest BCUT2D eigenvalue weighted by Crippen LogP contribution is 2.40. The van der Waals surface area contributed by atoms with Crippen LogP contribution in [-0.2, 0) is 9.47 Å². The minimum absolute atomic E-state index is 0.0607. The summed E-state index contributed by atoms with van der Waals surface area (Å²) < 4.78 is 15.8. The number of ether oxygens (including phenoxy) is 3. The van der Waals surface area contributed by atoms with Gasteiger partial charge in [-0.05, 0) is 43.2 Å². The molecule has 0 saturated heterocycles. The quantitative estimate of drug-likeness (QED) is 0.502. The van der Waals surface area contributed by atoms with Gasteiger partial charge in [-0.3, -0.25) is 0 Å². The molecule has 0 spiro atoms. The molecular formula is C24H22N4O4S. The van der Waals surface area contributed by atoms with Gasteiger partial charge in [-0.15, -0.1) is 0 Å². The number of rotatable bonds is 6. The molecule has 1 unspecified atom stereocenters. The molecule has 9 heteroatoms. The Morgan fingerprint density at radius 1 is 1.18 bits per heavy atom. The first-order valence-electron chi connectivity index (χ1n) is 9.88. The second-order valence-corrected chi connectivity index (χ2v) is 8.15. The van der Waals surface area contributed by atoms with Gasteiger partial charge in [0.15, 0.2) is 0 Å². The van der Waals surface area contributed by atoms with Gasteiger partial charge in [-0.1, -0.05) is 23.9 Å². The second kappa shape index (κ2) is 10.1. The van der Waals surface area contributed by atoms with E-state index in [-0.39, 0.29) is 22.8 Å². The zero-order chi connectivity index (χ0) is 24.1. The zero-order valence-corrected chi connectivity index (χ0v) is 19.4. The summed E-state index contributed by atoms with van der Waals surface area (Å²) in [6.45, 7) is 3.64. The highest BCUT2D eigenvalue weighted by Gasteiger charge is 2.33. The number of nitrogens with two attached hydrogens (primary N) is 1. The third-order valence-electron chi connectivity index (χ3n) is 5.11. The zero-order valence-electron chi connectivity index (χ0n) is 18.6. The van der Waals surface area contributed by atoms with Crippen molar-refractivity contribution in [1.82, 2.24) is 4.98 Å². The first kappa shape index (κ1) is 23.7. The summed E-state index contributed by atoms with van der Waals surface area (Å²) in [5.41, 5.74) is 9.03. The van der Waals surface area contributed by atoms with E-state index < -0.39 is 11.9 Å². The van der Waals surface area contributed by atoms with E-state index >= 15 is 0 Å². The fourth-order valence-electron chi connectivity index (χ4n) is 3.56. The number of nitriles is 2. The van der Waals surface area contributed by atoms with Gasteiger partial charge in [0.2, 0.25) is 5.88 Å². The van der Waals surface area contributed by atoms with E-state index in [0.29, 0.717) is 27.7 Å². The maximum atomic E-state index is 12.3. The number of benzene rings is 1. The van der Waals surface area contributed by atoms with Crippen LogP contribution in [-0.4, -0.2) is 30.9 Å². The molecule has 0 aliphatic carbocycles. The normalized spacial score (nSPS) is 15.4. The molecule has 1 aliphatic heterocycles. The van der Waals surface area contributed by atoms with E-state index in [9.17, 15) is 15.3 Å². The molecule has 168 valence electrons. The third kappa shape index (κ3) is 4.79. The van der Waals surface area contributed by atoms with Crippen molar-refractivity contribution in [1.29, 1.82) is 10.5 Å². The average Bonchev–Trinajstić information content (AvgIpc) is 2.81. The van der Waals surface area contributed by atoms with E-state index in [1.54, 1.807) is 37.4 Å². The Kier molecular flexibility index (Phi) is 7.27. The summed E-state index contributed by atoms with van der Waals surface area (Å²) in [7, 11) is 2.87. The van der Waals surface area contributed by atoms with Crippen molar-refractivity contribution in [2.45, 2.75) is 24.8 Å². The van der Waals surface area contributed by atoms with Gasteiger partial charge in [-0.25, -0.2) is 9.78 Å². The molecular weight excluding hydrogens is 440 g/mol. The summed E-state index contributed by atoms with van der Waals surface area (Å²) in [4.78, 5) is 16.8. The van der Waals surface area contributed by atoms with Gasteiger partial charge in [0.25, 0.3) is 0 Å². The summed E-state index contributed by atoms with van der Waals surface area (Å²) in [5.74, 6) is -0.109. The maximum Gasteiger partial charge on any atom is 0.340 e. The van der Waals surface area contributed by atoms with Crippen molar-refractivity contribution in [3.8, 4) is 17.9 Å². The number of methoxy groups -OCH3 is 2. The molecule has 0 amide bonds. The first-order chi connectivity index (χ1) is 15.8. The molecule has 8 nitrogen and oxygen atoms in total. The average molecular weight is 463 g/mol. The van der Waals surface area contributed by atoms with Crippen LogP contribution in [0.1, 0.15) is 33.1 Å². The molecule has 0 bridgehead atoms. The maximum absolute atomic E-state index is 12.3. The number of nitrogens with zero attached hydrogens (tertiary/aromatic N) is 3. The van der Waals surface area contributed by atoms with Gasteiger partial charge >= 0.3 is 5.97 Å². The standard InChI is InChI=1S/C24H22N4O4S/c1-13-9-14(2)28-23(20(13)24(29)31-4)33-12-19-17(10-25)21(18(11-26)22(27)32-19)15-5-7-16(30-3)8-6-15/h5-9,21H,12,27H2,1-4H3. The SMILES string of the molecule is COC(=O)c1c(C)cc(C)nc1SCC1=C(C#N)C(c2ccc(OC)cc2)C(C#N)=C(N)O1. The molecule has 1 atom stereocenters. The Morgan fingerprint density at radius 2 is 1.85 bits per heavy atom. The Labute approximate surface area is 196 Å². The lowest BCUT2D eigenvalue weighted by Crippen LogP contribution is -2.21. The molecule has 0 saturated carbocycles. The van der Waals surface area contributed by atoms with Crippen LogP contribution < -0.4 is 10.5 Å². The molecule has 0 fully saturated rings. The summed E-state index contributed by atoms with van der Waals surface area (Å²) >= 11 is 1.23. The van der Waals surface area contributed by atoms with Crippen LogP contribution >= 0.6 is 11.8 Å². The summed E-state index contributed by atoms with van der Waals surface area (Å²) in [5, 5.41) is 20.1. The van der Waals surface area contributed by atoms with E-state index in [0.717, 1.165) is 11.3 Å².